The minimum atomic E-state index is -0.399. The second kappa shape index (κ2) is 7.73. The highest BCUT2D eigenvalue weighted by Crippen LogP contribution is 2.26. The summed E-state index contributed by atoms with van der Waals surface area (Å²) in [7, 11) is 1.56. The molecule has 0 aliphatic carbocycles. The van der Waals surface area contributed by atoms with Gasteiger partial charge in [-0.05, 0) is 12.1 Å². The van der Waals surface area contributed by atoms with Gasteiger partial charge in [-0.1, -0.05) is 26.0 Å². The fourth-order valence-corrected chi connectivity index (χ4v) is 2.66. The Hall–Kier alpha value is -2.41. The molecule has 0 spiro atoms. The zero-order valence-electron chi connectivity index (χ0n) is 13.2. The van der Waals surface area contributed by atoms with Crippen molar-refractivity contribution in [3.8, 4) is 11.6 Å². The molecule has 0 atom stereocenters. The van der Waals surface area contributed by atoms with Gasteiger partial charge in [0.25, 0.3) is 0 Å². The van der Waals surface area contributed by atoms with E-state index in [1.807, 2.05) is 12.1 Å². The number of hydrogen-bond acceptors (Lipinski definition) is 6. The number of methoxy groups -OCH3 is 1. The number of aromatic nitrogens is 1. The molecule has 6 nitrogen and oxygen atoms in total. The number of hydrogen-bond donors (Lipinski definition) is 0. The van der Waals surface area contributed by atoms with Crippen molar-refractivity contribution in [2.24, 2.45) is 4.99 Å². The van der Waals surface area contributed by atoms with E-state index in [1.165, 1.54) is 15.9 Å². The first-order valence-corrected chi connectivity index (χ1v) is 8.10. The van der Waals surface area contributed by atoms with E-state index in [2.05, 4.69) is 4.99 Å². The molecule has 1 heterocycles. The van der Waals surface area contributed by atoms with Gasteiger partial charge in [0.05, 0.1) is 12.5 Å². The minimum Gasteiger partial charge on any atom is -0.494 e. The molecule has 1 aromatic carbocycles. The number of carbonyl (C=O) groups excluding carboxylic acids is 2. The van der Waals surface area contributed by atoms with Crippen LogP contribution in [0.4, 0.5) is 5.69 Å². The molecule has 122 valence electrons. The van der Waals surface area contributed by atoms with Crippen molar-refractivity contribution in [1.29, 1.82) is 0 Å². The van der Waals surface area contributed by atoms with Crippen molar-refractivity contribution in [3.63, 3.8) is 0 Å². The van der Waals surface area contributed by atoms with Gasteiger partial charge in [0.1, 0.15) is 11.4 Å². The van der Waals surface area contributed by atoms with Crippen LogP contribution in [0.15, 0.2) is 34.6 Å². The van der Waals surface area contributed by atoms with Crippen LogP contribution in [0.2, 0.25) is 0 Å². The van der Waals surface area contributed by atoms with Crippen LogP contribution in [-0.4, -0.2) is 23.6 Å². The summed E-state index contributed by atoms with van der Waals surface area (Å²) < 4.78 is 11.8. The molecule has 0 N–H and O–H groups in total. The quantitative estimate of drug-likeness (QED) is 0.788. The normalized spacial score (nSPS) is 11.3. The molecule has 0 bridgehead atoms. The van der Waals surface area contributed by atoms with Crippen LogP contribution in [0.3, 0.4) is 0 Å². The molecule has 2 aromatic rings. The molecule has 0 aliphatic heterocycles. The SMILES string of the molecule is CCC(=O)Oc1csc(=Nc2ccccc2OC)n1C(=O)CC. The number of nitrogens with zero attached hydrogens (tertiary/aromatic N) is 2. The molecular weight excluding hydrogens is 316 g/mol. The zero-order chi connectivity index (χ0) is 16.8. The van der Waals surface area contributed by atoms with Crippen LogP contribution >= 0.6 is 11.3 Å². The van der Waals surface area contributed by atoms with Crippen molar-refractivity contribution in [1.82, 2.24) is 4.57 Å². The summed E-state index contributed by atoms with van der Waals surface area (Å²) in [5, 5.41) is 1.61. The number of esters is 1. The Labute approximate surface area is 138 Å². The van der Waals surface area contributed by atoms with Crippen LogP contribution in [0.1, 0.15) is 31.5 Å². The molecule has 0 radical (unpaired) electrons. The van der Waals surface area contributed by atoms with Gasteiger partial charge in [-0.25, -0.2) is 9.56 Å². The van der Waals surface area contributed by atoms with E-state index in [4.69, 9.17) is 9.47 Å². The van der Waals surface area contributed by atoms with Gasteiger partial charge in [-0.3, -0.25) is 9.59 Å². The van der Waals surface area contributed by atoms with E-state index in [0.717, 1.165) is 0 Å². The Kier molecular flexibility index (Phi) is 5.70. The summed E-state index contributed by atoms with van der Waals surface area (Å²) in [5.41, 5.74) is 0.600. The third-order valence-corrected chi connectivity index (χ3v) is 3.84. The van der Waals surface area contributed by atoms with Crippen LogP contribution < -0.4 is 14.3 Å². The first kappa shape index (κ1) is 17.0. The Bertz CT molecular complexity index is 776. The van der Waals surface area contributed by atoms with E-state index in [1.54, 1.807) is 38.5 Å². The molecule has 7 heteroatoms. The molecule has 23 heavy (non-hydrogen) atoms. The third kappa shape index (κ3) is 3.87. The molecule has 0 aliphatic rings. The fraction of sp³-hybridized carbons (Fsp3) is 0.312. The van der Waals surface area contributed by atoms with E-state index in [0.29, 0.717) is 16.2 Å². The average Bonchev–Trinajstić information content (AvgIpc) is 2.96. The van der Waals surface area contributed by atoms with Crippen LogP contribution in [0.5, 0.6) is 11.6 Å². The number of carbonyl (C=O) groups is 2. The maximum atomic E-state index is 12.2. The van der Waals surface area contributed by atoms with Crippen LogP contribution in [-0.2, 0) is 4.79 Å². The largest absolute Gasteiger partial charge is 0.494 e. The summed E-state index contributed by atoms with van der Waals surface area (Å²) in [6.45, 7) is 3.44. The second-order valence-electron chi connectivity index (χ2n) is 4.55. The van der Waals surface area contributed by atoms with Gasteiger partial charge < -0.3 is 9.47 Å². The zero-order valence-corrected chi connectivity index (χ0v) is 14.1. The monoisotopic (exact) mass is 334 g/mol. The van der Waals surface area contributed by atoms with Gasteiger partial charge in [0.2, 0.25) is 11.8 Å². The second-order valence-corrected chi connectivity index (χ2v) is 5.39. The Morgan fingerprint density at radius 3 is 2.61 bits per heavy atom. The molecule has 0 amide bonds. The summed E-state index contributed by atoms with van der Waals surface area (Å²) in [6, 6.07) is 7.25. The van der Waals surface area contributed by atoms with E-state index < -0.39 is 5.97 Å². The molecule has 2 rings (SSSR count). The van der Waals surface area contributed by atoms with Crippen molar-refractivity contribution in [2.45, 2.75) is 26.7 Å². The Balaban J connectivity index is 2.56. The summed E-state index contributed by atoms with van der Waals surface area (Å²) >= 11 is 1.23. The number of ether oxygens (including phenoxy) is 2. The molecule has 0 unspecified atom stereocenters. The van der Waals surface area contributed by atoms with Crippen molar-refractivity contribution in [3.05, 3.63) is 34.4 Å². The lowest BCUT2D eigenvalue weighted by atomic mass is 10.3. The van der Waals surface area contributed by atoms with Gasteiger partial charge in [-0.15, -0.1) is 11.3 Å². The standard InChI is InChI=1S/C16H18N2O4S/c1-4-13(19)18-14(22-15(20)5-2)10-23-16(18)17-11-8-6-7-9-12(11)21-3/h6-10H,4-5H2,1-3H3. The van der Waals surface area contributed by atoms with Crippen LogP contribution in [0, 0.1) is 0 Å². The van der Waals surface area contributed by atoms with Gasteiger partial charge in [0, 0.05) is 12.8 Å². The number of benzene rings is 1. The van der Waals surface area contributed by atoms with Crippen molar-refractivity contribution < 1.29 is 19.1 Å². The minimum absolute atomic E-state index is 0.196. The first-order valence-electron chi connectivity index (χ1n) is 7.22. The highest BCUT2D eigenvalue weighted by Gasteiger charge is 2.15. The summed E-state index contributed by atoms with van der Waals surface area (Å²) in [4.78, 5) is 28.6. The topological polar surface area (TPSA) is 69.9 Å². The smallest absolute Gasteiger partial charge is 0.312 e. The number of rotatable bonds is 5. The van der Waals surface area contributed by atoms with Crippen molar-refractivity contribution >= 4 is 28.9 Å². The summed E-state index contributed by atoms with van der Waals surface area (Å²) in [6.07, 6.45) is 0.502. The lowest BCUT2D eigenvalue weighted by molar-refractivity contribution is -0.134. The first-order chi connectivity index (χ1) is 11.1. The Morgan fingerprint density at radius 1 is 1.22 bits per heavy atom. The van der Waals surface area contributed by atoms with Gasteiger partial charge in [-0.2, -0.15) is 0 Å². The Morgan fingerprint density at radius 2 is 1.96 bits per heavy atom. The predicted molar refractivity (Wildman–Crippen MR) is 87.4 cm³/mol. The highest BCUT2D eigenvalue weighted by atomic mass is 32.1. The van der Waals surface area contributed by atoms with Gasteiger partial charge in [0.15, 0.2) is 4.80 Å². The maximum absolute atomic E-state index is 12.2. The van der Waals surface area contributed by atoms with E-state index >= 15 is 0 Å². The maximum Gasteiger partial charge on any atom is 0.312 e. The number of para-hydroxylation sites is 2. The third-order valence-electron chi connectivity index (χ3n) is 3.04. The average molecular weight is 334 g/mol. The summed E-state index contributed by atoms with van der Waals surface area (Å²) in [5.74, 6) is 0.203. The molecule has 0 fully saturated rings. The van der Waals surface area contributed by atoms with Crippen LogP contribution in [0.25, 0.3) is 0 Å². The lowest BCUT2D eigenvalue weighted by Crippen LogP contribution is -2.24. The molecule has 0 saturated heterocycles. The van der Waals surface area contributed by atoms with E-state index in [-0.39, 0.29) is 24.6 Å². The van der Waals surface area contributed by atoms with E-state index in [9.17, 15) is 9.59 Å². The predicted octanol–water partition coefficient (Wildman–Crippen LogP) is 3.16. The number of thiazole rings is 1. The fourth-order valence-electron chi connectivity index (χ4n) is 1.85. The highest BCUT2D eigenvalue weighted by molar-refractivity contribution is 7.07. The van der Waals surface area contributed by atoms with Crippen molar-refractivity contribution in [2.75, 3.05) is 7.11 Å². The lowest BCUT2D eigenvalue weighted by Gasteiger charge is -2.06. The molecule has 0 saturated carbocycles. The molecular formula is C16H18N2O4S. The van der Waals surface area contributed by atoms with Gasteiger partial charge >= 0.3 is 5.97 Å². The molecule has 1 aromatic heterocycles.